The van der Waals surface area contributed by atoms with Crippen LogP contribution in [0.25, 0.3) is 0 Å². The van der Waals surface area contributed by atoms with E-state index in [0.717, 1.165) is 25.7 Å². The summed E-state index contributed by atoms with van der Waals surface area (Å²) in [6.07, 6.45) is 7.00. The Balaban J connectivity index is 2.10. The van der Waals surface area contributed by atoms with E-state index in [0.29, 0.717) is 12.2 Å². The summed E-state index contributed by atoms with van der Waals surface area (Å²) in [5.41, 5.74) is 0.0390. The minimum atomic E-state index is -0.594. The zero-order valence-corrected chi connectivity index (χ0v) is 8.82. The van der Waals surface area contributed by atoms with E-state index in [9.17, 15) is 5.11 Å². The Kier molecular flexibility index (Phi) is 2.79. The van der Waals surface area contributed by atoms with E-state index in [1.54, 1.807) is 6.07 Å². The topological polar surface area (TPSA) is 49.0 Å². The van der Waals surface area contributed by atoms with Crippen LogP contribution in [0, 0.1) is 11.3 Å². The third-order valence-electron chi connectivity index (χ3n) is 3.19. The predicted octanol–water partition coefficient (Wildman–Crippen LogP) is 2.05. The summed E-state index contributed by atoms with van der Waals surface area (Å²) in [6, 6.07) is 5.77. The smallest absolute Gasteiger partial charge is 0.120 e. The first kappa shape index (κ1) is 10.3. The molecule has 1 aliphatic carbocycles. The SMILES string of the molecule is N#Cc1cccn1CC1(O)CCCCC1. The van der Waals surface area contributed by atoms with Crippen molar-refractivity contribution >= 4 is 0 Å². The fourth-order valence-electron chi connectivity index (χ4n) is 2.34. The molecule has 1 aliphatic rings. The zero-order valence-electron chi connectivity index (χ0n) is 8.82. The Morgan fingerprint density at radius 1 is 1.40 bits per heavy atom. The number of aromatic nitrogens is 1. The molecule has 0 spiro atoms. The third-order valence-corrected chi connectivity index (χ3v) is 3.19. The molecule has 1 heterocycles. The van der Waals surface area contributed by atoms with Crippen molar-refractivity contribution in [2.45, 2.75) is 44.2 Å². The van der Waals surface area contributed by atoms with Gasteiger partial charge >= 0.3 is 0 Å². The molecule has 0 bridgehead atoms. The van der Waals surface area contributed by atoms with Crippen molar-refractivity contribution in [1.82, 2.24) is 4.57 Å². The fourth-order valence-corrected chi connectivity index (χ4v) is 2.34. The van der Waals surface area contributed by atoms with Crippen LogP contribution in [0.3, 0.4) is 0 Å². The maximum absolute atomic E-state index is 10.3. The van der Waals surface area contributed by atoms with Gasteiger partial charge in [0.25, 0.3) is 0 Å². The molecular formula is C12H16N2O. The standard InChI is InChI=1S/C12H16N2O/c13-9-11-5-4-8-14(11)10-12(15)6-2-1-3-7-12/h4-5,8,15H,1-3,6-7,10H2. The van der Waals surface area contributed by atoms with Gasteiger partial charge in [-0.15, -0.1) is 0 Å². The molecule has 0 unspecified atom stereocenters. The summed E-state index contributed by atoms with van der Waals surface area (Å²) in [7, 11) is 0. The van der Waals surface area contributed by atoms with Crippen LogP contribution in [0.15, 0.2) is 18.3 Å². The summed E-state index contributed by atoms with van der Waals surface area (Å²) in [6.45, 7) is 0.558. The highest BCUT2D eigenvalue weighted by Gasteiger charge is 2.29. The molecule has 0 aromatic carbocycles. The van der Waals surface area contributed by atoms with Crippen molar-refractivity contribution in [1.29, 1.82) is 5.26 Å². The molecule has 15 heavy (non-hydrogen) atoms. The van der Waals surface area contributed by atoms with Crippen molar-refractivity contribution in [3.05, 3.63) is 24.0 Å². The van der Waals surface area contributed by atoms with E-state index >= 15 is 0 Å². The van der Waals surface area contributed by atoms with Crippen molar-refractivity contribution < 1.29 is 5.11 Å². The molecule has 0 saturated heterocycles. The molecule has 3 nitrogen and oxygen atoms in total. The summed E-state index contributed by atoms with van der Waals surface area (Å²) >= 11 is 0. The molecule has 0 aliphatic heterocycles. The van der Waals surface area contributed by atoms with Gasteiger partial charge in [0.15, 0.2) is 0 Å². The van der Waals surface area contributed by atoms with Gasteiger partial charge in [0, 0.05) is 6.20 Å². The average Bonchev–Trinajstić information content (AvgIpc) is 2.65. The minimum absolute atomic E-state index is 0.558. The maximum atomic E-state index is 10.3. The van der Waals surface area contributed by atoms with Crippen molar-refractivity contribution in [3.8, 4) is 6.07 Å². The van der Waals surface area contributed by atoms with Crippen LogP contribution in [0.4, 0.5) is 0 Å². The van der Waals surface area contributed by atoms with Crippen LogP contribution < -0.4 is 0 Å². The number of hydrogen-bond acceptors (Lipinski definition) is 2. The second-order valence-electron chi connectivity index (χ2n) is 4.42. The van der Waals surface area contributed by atoms with E-state index in [2.05, 4.69) is 6.07 Å². The van der Waals surface area contributed by atoms with Gasteiger partial charge in [-0.3, -0.25) is 0 Å². The molecule has 1 aromatic heterocycles. The molecule has 2 rings (SSSR count). The van der Waals surface area contributed by atoms with Crippen LogP contribution in [-0.4, -0.2) is 15.3 Å². The third kappa shape index (κ3) is 2.21. The van der Waals surface area contributed by atoms with Crippen molar-refractivity contribution in [2.75, 3.05) is 0 Å². The quantitative estimate of drug-likeness (QED) is 0.801. The molecular weight excluding hydrogens is 188 g/mol. The zero-order chi connectivity index (χ0) is 10.7. The van der Waals surface area contributed by atoms with Crippen LogP contribution in [0.1, 0.15) is 37.8 Å². The second kappa shape index (κ2) is 4.08. The maximum Gasteiger partial charge on any atom is 0.120 e. The van der Waals surface area contributed by atoms with Gasteiger partial charge in [-0.05, 0) is 25.0 Å². The molecule has 1 saturated carbocycles. The monoisotopic (exact) mass is 204 g/mol. The highest BCUT2D eigenvalue weighted by molar-refractivity contribution is 5.22. The first-order chi connectivity index (χ1) is 7.23. The number of nitriles is 1. The molecule has 0 radical (unpaired) electrons. The molecule has 1 aromatic rings. The Bertz CT molecular complexity index is 369. The molecule has 3 heteroatoms. The Hall–Kier alpha value is -1.27. The highest BCUT2D eigenvalue weighted by atomic mass is 16.3. The van der Waals surface area contributed by atoms with Gasteiger partial charge in [0.05, 0.1) is 12.1 Å². The van der Waals surface area contributed by atoms with E-state index in [-0.39, 0.29) is 0 Å². The highest BCUT2D eigenvalue weighted by Crippen LogP contribution is 2.29. The Morgan fingerprint density at radius 2 is 2.13 bits per heavy atom. The predicted molar refractivity (Wildman–Crippen MR) is 57.2 cm³/mol. The Labute approximate surface area is 90.0 Å². The molecule has 0 amide bonds. The van der Waals surface area contributed by atoms with Gasteiger partial charge in [-0.25, -0.2) is 0 Å². The first-order valence-corrected chi connectivity index (χ1v) is 5.51. The van der Waals surface area contributed by atoms with Crippen molar-refractivity contribution in [3.63, 3.8) is 0 Å². The van der Waals surface area contributed by atoms with Gasteiger partial charge in [-0.2, -0.15) is 5.26 Å². The van der Waals surface area contributed by atoms with E-state index in [4.69, 9.17) is 5.26 Å². The van der Waals surface area contributed by atoms with E-state index < -0.39 is 5.60 Å². The first-order valence-electron chi connectivity index (χ1n) is 5.51. The fraction of sp³-hybridized carbons (Fsp3) is 0.583. The summed E-state index contributed by atoms with van der Waals surface area (Å²) < 4.78 is 1.85. The molecule has 80 valence electrons. The van der Waals surface area contributed by atoms with E-state index in [1.165, 1.54) is 6.42 Å². The lowest BCUT2D eigenvalue weighted by Crippen LogP contribution is -2.36. The van der Waals surface area contributed by atoms with Gasteiger partial charge in [0.1, 0.15) is 11.8 Å². The molecule has 1 N–H and O–H groups in total. The summed E-state index contributed by atoms with van der Waals surface area (Å²) in [4.78, 5) is 0. The number of nitrogens with zero attached hydrogens (tertiary/aromatic N) is 2. The lowest BCUT2D eigenvalue weighted by atomic mass is 9.85. The largest absolute Gasteiger partial charge is 0.388 e. The second-order valence-corrected chi connectivity index (χ2v) is 4.42. The van der Waals surface area contributed by atoms with Crippen LogP contribution in [0.2, 0.25) is 0 Å². The van der Waals surface area contributed by atoms with Crippen LogP contribution in [0.5, 0.6) is 0 Å². The summed E-state index contributed by atoms with van der Waals surface area (Å²) in [5.74, 6) is 0. The molecule has 0 atom stereocenters. The lowest BCUT2D eigenvalue weighted by Gasteiger charge is -2.32. The van der Waals surface area contributed by atoms with E-state index in [1.807, 2.05) is 16.8 Å². The summed E-state index contributed by atoms with van der Waals surface area (Å²) in [5, 5.41) is 19.2. The number of hydrogen-bond donors (Lipinski definition) is 1. The molecule has 1 fully saturated rings. The number of aliphatic hydroxyl groups is 1. The Morgan fingerprint density at radius 3 is 2.80 bits per heavy atom. The lowest BCUT2D eigenvalue weighted by molar-refractivity contribution is -0.0115. The minimum Gasteiger partial charge on any atom is -0.388 e. The van der Waals surface area contributed by atoms with Gasteiger partial charge in [-0.1, -0.05) is 19.3 Å². The van der Waals surface area contributed by atoms with Crippen LogP contribution >= 0.6 is 0 Å². The van der Waals surface area contributed by atoms with Gasteiger partial charge < -0.3 is 9.67 Å². The van der Waals surface area contributed by atoms with Gasteiger partial charge in [0.2, 0.25) is 0 Å². The van der Waals surface area contributed by atoms with Crippen LogP contribution in [-0.2, 0) is 6.54 Å². The normalized spacial score (nSPS) is 19.7. The van der Waals surface area contributed by atoms with Crippen molar-refractivity contribution in [2.24, 2.45) is 0 Å². The number of rotatable bonds is 2. The average molecular weight is 204 g/mol.